The lowest BCUT2D eigenvalue weighted by atomic mass is 10.1. The number of carbonyl (C=O) groups excluding carboxylic acids is 2. The van der Waals surface area contributed by atoms with Gasteiger partial charge in [0.05, 0.1) is 19.3 Å². The maximum atomic E-state index is 12.0. The Kier molecular flexibility index (Phi) is 6.08. The van der Waals surface area contributed by atoms with Crippen LogP contribution in [0.5, 0.6) is 0 Å². The Bertz CT molecular complexity index is 639. The molecular weight excluding hydrogens is 292 g/mol. The lowest BCUT2D eigenvalue weighted by Crippen LogP contribution is -3.00. The summed E-state index contributed by atoms with van der Waals surface area (Å²) >= 11 is 0. The van der Waals surface area contributed by atoms with E-state index in [0.717, 1.165) is 0 Å². The first-order chi connectivity index (χ1) is 9.60. The van der Waals surface area contributed by atoms with E-state index >= 15 is 0 Å². The van der Waals surface area contributed by atoms with Crippen molar-refractivity contribution in [2.45, 2.75) is 6.54 Å². The highest BCUT2D eigenvalue weighted by Gasteiger charge is 2.13. The van der Waals surface area contributed by atoms with E-state index in [-0.39, 0.29) is 37.2 Å². The van der Waals surface area contributed by atoms with Crippen LogP contribution in [0.25, 0.3) is 0 Å². The van der Waals surface area contributed by atoms with Crippen LogP contribution in [0, 0.1) is 0 Å². The van der Waals surface area contributed by atoms with Crippen LogP contribution >= 0.6 is 0 Å². The Labute approximate surface area is 129 Å². The van der Waals surface area contributed by atoms with Crippen molar-refractivity contribution in [1.82, 2.24) is 4.57 Å². The smallest absolute Gasteiger partial charge is 0.266 e. The molecule has 7 heteroatoms. The number of hydrogen-bond acceptors (Lipinski definition) is 3. The molecule has 3 N–H and O–H groups in total. The number of anilines is 1. The van der Waals surface area contributed by atoms with Crippen LogP contribution < -0.4 is 28.0 Å². The topological polar surface area (TPSA) is 81.0 Å². The molecule has 0 aliphatic carbocycles. The number of ketones is 1. The second-order valence-corrected chi connectivity index (χ2v) is 4.47. The second-order valence-electron chi connectivity index (χ2n) is 4.47. The molecule has 0 radical (unpaired) electrons. The summed E-state index contributed by atoms with van der Waals surface area (Å²) in [5.74, 6) is -0.397. The predicted octanol–water partition coefficient (Wildman–Crippen LogP) is -2.90. The summed E-state index contributed by atoms with van der Waals surface area (Å²) in [7, 11) is 1.88. The molecule has 21 heavy (non-hydrogen) atoms. The monoisotopic (exact) mass is 308 g/mol. The summed E-state index contributed by atoms with van der Waals surface area (Å²) in [5, 5.41) is 2.74. The van der Waals surface area contributed by atoms with Crippen LogP contribution in [0.15, 0.2) is 43.0 Å². The second kappa shape index (κ2) is 7.56. The number of nitrogens with zero attached hydrogens (tertiary/aromatic N) is 2. The van der Waals surface area contributed by atoms with Gasteiger partial charge >= 0.3 is 0 Å². The van der Waals surface area contributed by atoms with Gasteiger partial charge < -0.3 is 23.5 Å². The lowest BCUT2D eigenvalue weighted by molar-refractivity contribution is -0.671. The maximum Gasteiger partial charge on any atom is 0.266 e. The van der Waals surface area contributed by atoms with Gasteiger partial charge in [0, 0.05) is 5.56 Å². The quantitative estimate of drug-likeness (QED) is 0.459. The molecule has 0 aliphatic rings. The van der Waals surface area contributed by atoms with Gasteiger partial charge in [-0.05, 0) is 12.1 Å². The van der Waals surface area contributed by atoms with Crippen LogP contribution in [0.3, 0.4) is 0 Å². The molecule has 0 unspecified atom stereocenters. The Morgan fingerprint density at radius 3 is 2.67 bits per heavy atom. The van der Waals surface area contributed by atoms with Crippen molar-refractivity contribution in [3.8, 4) is 0 Å². The molecule has 6 nitrogen and oxygen atoms in total. The zero-order valence-electron chi connectivity index (χ0n) is 11.6. The third-order valence-electron chi connectivity index (χ3n) is 2.84. The van der Waals surface area contributed by atoms with Crippen LogP contribution in [0.2, 0.25) is 0 Å². The first-order valence-electron chi connectivity index (χ1n) is 6.23. The number of rotatable bonds is 5. The van der Waals surface area contributed by atoms with Crippen molar-refractivity contribution in [2.75, 3.05) is 11.9 Å². The molecule has 0 aliphatic heterocycles. The van der Waals surface area contributed by atoms with Crippen molar-refractivity contribution in [2.24, 2.45) is 12.8 Å². The molecule has 2 rings (SSSR count). The molecular formula is C14H17ClN4O2. The van der Waals surface area contributed by atoms with E-state index in [2.05, 4.69) is 5.32 Å². The molecule has 0 spiro atoms. The highest BCUT2D eigenvalue weighted by molar-refractivity contribution is 6.05. The molecule has 1 heterocycles. The van der Waals surface area contributed by atoms with Gasteiger partial charge in [-0.15, -0.1) is 0 Å². The first-order valence-corrected chi connectivity index (χ1v) is 6.23. The van der Waals surface area contributed by atoms with E-state index in [9.17, 15) is 9.59 Å². The van der Waals surface area contributed by atoms with Crippen LogP contribution in [-0.2, 0) is 18.4 Å². The third-order valence-corrected chi connectivity index (χ3v) is 2.84. The summed E-state index contributed by atoms with van der Waals surface area (Å²) in [4.78, 5) is 23.7. The Morgan fingerprint density at radius 2 is 2.05 bits per heavy atom. The maximum absolute atomic E-state index is 12.0. The standard InChI is InChI=1S/C14H16N4O2.ClH/c1-17-6-7-18(10-17)9-14(20)16-12-5-3-2-4-11(12)13(19)8-15;/h2-7,10H,8-9,15H2,1H3;1H. The average Bonchev–Trinajstić information content (AvgIpc) is 2.83. The molecule has 0 saturated carbocycles. The van der Waals surface area contributed by atoms with Gasteiger partial charge in [-0.25, -0.2) is 9.13 Å². The fourth-order valence-electron chi connectivity index (χ4n) is 1.90. The van der Waals surface area contributed by atoms with Crippen molar-refractivity contribution in [1.29, 1.82) is 0 Å². The minimum absolute atomic E-state index is 0. The number of hydrogen-bond donors (Lipinski definition) is 2. The molecule has 1 amide bonds. The number of benzene rings is 1. The fraction of sp³-hybridized carbons (Fsp3) is 0.214. The van der Waals surface area contributed by atoms with Gasteiger partial charge in [0.25, 0.3) is 5.91 Å². The molecule has 2 aromatic rings. The first kappa shape index (κ1) is 16.9. The van der Waals surface area contributed by atoms with Crippen molar-refractivity contribution in [3.05, 3.63) is 48.5 Å². The fourth-order valence-corrected chi connectivity index (χ4v) is 1.90. The number of amides is 1. The molecule has 112 valence electrons. The normalized spacial score (nSPS) is 9.81. The summed E-state index contributed by atoms with van der Waals surface area (Å²) < 4.78 is 3.60. The predicted molar refractivity (Wildman–Crippen MR) is 74.1 cm³/mol. The third kappa shape index (κ3) is 4.40. The molecule has 1 aromatic carbocycles. The Balaban J connectivity index is 0.00000220. The van der Waals surface area contributed by atoms with Gasteiger partial charge in [0.2, 0.25) is 6.33 Å². The van der Waals surface area contributed by atoms with Gasteiger partial charge in [-0.2, -0.15) is 0 Å². The molecule has 0 fully saturated rings. The number of carbonyl (C=O) groups is 2. The van der Waals surface area contributed by atoms with E-state index in [1.165, 1.54) is 0 Å². The summed E-state index contributed by atoms with van der Waals surface area (Å²) in [6, 6.07) is 6.85. The van der Waals surface area contributed by atoms with Crippen LogP contribution in [-0.4, -0.2) is 22.8 Å². The molecule has 0 bridgehead atoms. The zero-order valence-corrected chi connectivity index (χ0v) is 12.4. The number of imidazole rings is 1. The molecule has 0 saturated heterocycles. The molecule has 0 atom stereocenters. The lowest BCUT2D eigenvalue weighted by Gasteiger charge is -2.08. The Morgan fingerprint density at radius 1 is 1.33 bits per heavy atom. The van der Waals surface area contributed by atoms with Gasteiger partial charge in [-0.3, -0.25) is 9.59 Å². The zero-order chi connectivity index (χ0) is 14.5. The number of nitrogens with two attached hydrogens (primary N) is 1. The number of halogens is 1. The van der Waals surface area contributed by atoms with E-state index in [0.29, 0.717) is 11.3 Å². The van der Waals surface area contributed by atoms with Crippen LogP contribution in [0.4, 0.5) is 5.69 Å². The number of para-hydroxylation sites is 1. The number of nitrogens with one attached hydrogen (secondary N) is 1. The van der Waals surface area contributed by atoms with Crippen molar-refractivity contribution in [3.63, 3.8) is 0 Å². The highest BCUT2D eigenvalue weighted by Crippen LogP contribution is 2.15. The van der Waals surface area contributed by atoms with Crippen molar-refractivity contribution >= 4 is 17.4 Å². The average molecular weight is 309 g/mol. The van der Waals surface area contributed by atoms with Gasteiger partial charge in [0.1, 0.15) is 12.4 Å². The SMILES string of the molecule is C[n+]1ccn(CC(=O)Nc2ccccc2C(=O)CN)c1.[Cl-]. The Hall–Kier alpha value is -2.18. The summed E-state index contributed by atoms with van der Waals surface area (Å²) in [5.41, 5.74) is 6.28. The number of aromatic nitrogens is 2. The van der Waals surface area contributed by atoms with Gasteiger partial charge in [0.15, 0.2) is 12.3 Å². The van der Waals surface area contributed by atoms with Crippen LogP contribution in [0.1, 0.15) is 10.4 Å². The van der Waals surface area contributed by atoms with E-state index < -0.39 is 0 Å². The largest absolute Gasteiger partial charge is 1.00 e. The molecule has 1 aromatic heterocycles. The summed E-state index contributed by atoms with van der Waals surface area (Å²) in [6.45, 7) is 0.103. The van der Waals surface area contributed by atoms with E-state index in [1.54, 1.807) is 41.4 Å². The number of Topliss-reactive ketones (excluding diaryl/α,β-unsaturated/α-hetero) is 1. The van der Waals surface area contributed by atoms with Crippen molar-refractivity contribution < 1.29 is 26.6 Å². The van der Waals surface area contributed by atoms with Gasteiger partial charge in [-0.1, -0.05) is 12.1 Å². The van der Waals surface area contributed by atoms with E-state index in [4.69, 9.17) is 5.73 Å². The minimum atomic E-state index is -0.201. The number of aryl methyl sites for hydroxylation is 1. The highest BCUT2D eigenvalue weighted by atomic mass is 35.5. The minimum Gasteiger partial charge on any atom is -1.00 e. The van der Waals surface area contributed by atoms with E-state index in [1.807, 2.05) is 17.8 Å². The summed E-state index contributed by atoms with van der Waals surface area (Å²) in [6.07, 6.45) is 5.45.